The van der Waals surface area contributed by atoms with Crippen molar-refractivity contribution in [2.24, 2.45) is 5.92 Å². The van der Waals surface area contributed by atoms with Gasteiger partial charge in [0, 0.05) is 11.3 Å². The maximum Gasteiger partial charge on any atom is 0.255 e. The number of amides is 1. The van der Waals surface area contributed by atoms with E-state index in [1.807, 2.05) is 24.3 Å². The van der Waals surface area contributed by atoms with E-state index in [0.29, 0.717) is 17.2 Å². The predicted octanol–water partition coefficient (Wildman–Crippen LogP) is 8.75. The number of fused-ring (bicyclic) bond motifs is 1. The Morgan fingerprint density at radius 2 is 1.49 bits per heavy atom. The second-order valence-electron chi connectivity index (χ2n) is 12.4. The molecule has 0 unspecified atom stereocenters. The zero-order valence-corrected chi connectivity index (χ0v) is 23.4. The van der Waals surface area contributed by atoms with Crippen molar-refractivity contribution in [3.8, 4) is 5.75 Å². The first-order valence-electron chi connectivity index (χ1n) is 13.4. The SMILES string of the molecule is CC(=Cc1ccc(C(=O)Nc2ccc(O)cc2)cc1)c1cc2c(cc1CC(C)C)C(C)(C)CCC2(C)C. The van der Waals surface area contributed by atoms with Gasteiger partial charge in [0.15, 0.2) is 0 Å². The first-order valence-corrected chi connectivity index (χ1v) is 13.4. The Morgan fingerprint density at radius 1 is 0.919 bits per heavy atom. The Bertz CT molecular complexity index is 1310. The molecule has 1 aliphatic rings. The minimum atomic E-state index is -0.170. The molecule has 0 aliphatic heterocycles. The van der Waals surface area contributed by atoms with Crippen LogP contribution in [0.4, 0.5) is 5.69 Å². The summed E-state index contributed by atoms with van der Waals surface area (Å²) in [4.78, 5) is 12.7. The quantitative estimate of drug-likeness (QED) is 0.265. The van der Waals surface area contributed by atoms with Gasteiger partial charge in [0.05, 0.1) is 0 Å². The third-order valence-corrected chi connectivity index (χ3v) is 7.81. The number of hydrogen-bond acceptors (Lipinski definition) is 2. The van der Waals surface area contributed by atoms with Gasteiger partial charge in [0.1, 0.15) is 5.75 Å². The lowest BCUT2D eigenvalue weighted by molar-refractivity contribution is 0.102. The molecule has 0 spiro atoms. The summed E-state index contributed by atoms with van der Waals surface area (Å²) in [5.74, 6) is 0.583. The predicted molar refractivity (Wildman–Crippen MR) is 156 cm³/mol. The largest absolute Gasteiger partial charge is 0.508 e. The highest BCUT2D eigenvalue weighted by Gasteiger charge is 2.37. The number of nitrogens with one attached hydrogen (secondary N) is 1. The molecule has 1 aliphatic carbocycles. The maximum atomic E-state index is 12.7. The maximum absolute atomic E-state index is 12.7. The van der Waals surface area contributed by atoms with Crippen LogP contribution in [0.25, 0.3) is 11.6 Å². The Balaban J connectivity index is 1.64. The second kappa shape index (κ2) is 10.2. The molecule has 0 heterocycles. The summed E-state index contributed by atoms with van der Waals surface area (Å²) in [6.45, 7) is 16.3. The molecule has 0 bridgehead atoms. The number of aromatic hydroxyl groups is 1. The van der Waals surface area contributed by atoms with Crippen LogP contribution in [-0.4, -0.2) is 11.0 Å². The molecule has 0 saturated heterocycles. The van der Waals surface area contributed by atoms with Crippen LogP contribution >= 0.6 is 0 Å². The summed E-state index contributed by atoms with van der Waals surface area (Å²) in [5, 5.41) is 12.3. The fourth-order valence-corrected chi connectivity index (χ4v) is 5.44. The molecule has 3 heteroatoms. The van der Waals surface area contributed by atoms with Gasteiger partial charge in [-0.25, -0.2) is 0 Å². The van der Waals surface area contributed by atoms with Gasteiger partial charge in [-0.05, 0) is 113 Å². The zero-order valence-electron chi connectivity index (χ0n) is 23.4. The zero-order chi connectivity index (χ0) is 27.0. The summed E-state index contributed by atoms with van der Waals surface area (Å²) in [6.07, 6.45) is 5.70. The van der Waals surface area contributed by atoms with E-state index in [0.717, 1.165) is 12.0 Å². The molecule has 0 atom stereocenters. The molecule has 4 rings (SSSR count). The van der Waals surface area contributed by atoms with E-state index in [2.05, 4.69) is 72.0 Å². The van der Waals surface area contributed by atoms with Crippen molar-refractivity contribution >= 4 is 23.2 Å². The van der Waals surface area contributed by atoms with Crippen molar-refractivity contribution in [2.75, 3.05) is 5.32 Å². The molecule has 3 aromatic carbocycles. The minimum Gasteiger partial charge on any atom is -0.508 e. The van der Waals surface area contributed by atoms with E-state index in [9.17, 15) is 9.90 Å². The summed E-state index contributed by atoms with van der Waals surface area (Å²) >= 11 is 0. The van der Waals surface area contributed by atoms with Crippen LogP contribution in [0.5, 0.6) is 5.75 Å². The number of phenols is 1. The van der Waals surface area contributed by atoms with Crippen LogP contribution in [0.15, 0.2) is 60.7 Å². The Morgan fingerprint density at radius 3 is 2.05 bits per heavy atom. The smallest absolute Gasteiger partial charge is 0.255 e. The molecule has 194 valence electrons. The third kappa shape index (κ3) is 5.98. The van der Waals surface area contributed by atoms with Crippen LogP contribution in [0.1, 0.15) is 99.5 Å². The fraction of sp³-hybridized carbons (Fsp3) is 0.382. The summed E-state index contributed by atoms with van der Waals surface area (Å²) < 4.78 is 0. The Hall–Kier alpha value is -3.33. The van der Waals surface area contributed by atoms with Crippen LogP contribution in [0, 0.1) is 5.92 Å². The van der Waals surface area contributed by atoms with Crippen LogP contribution < -0.4 is 5.32 Å². The lowest BCUT2D eigenvalue weighted by Crippen LogP contribution is -2.34. The van der Waals surface area contributed by atoms with Crippen molar-refractivity contribution in [3.63, 3.8) is 0 Å². The van der Waals surface area contributed by atoms with Gasteiger partial charge in [-0.2, -0.15) is 0 Å². The number of carbonyl (C=O) groups is 1. The molecule has 0 fully saturated rings. The van der Waals surface area contributed by atoms with Crippen molar-refractivity contribution < 1.29 is 9.90 Å². The van der Waals surface area contributed by atoms with Crippen molar-refractivity contribution in [3.05, 3.63) is 94.0 Å². The van der Waals surface area contributed by atoms with Gasteiger partial charge in [-0.15, -0.1) is 0 Å². The molecule has 0 aromatic heterocycles. The van der Waals surface area contributed by atoms with E-state index in [4.69, 9.17) is 0 Å². The number of anilines is 1. The van der Waals surface area contributed by atoms with Crippen LogP contribution in [0.2, 0.25) is 0 Å². The second-order valence-corrected chi connectivity index (χ2v) is 12.4. The van der Waals surface area contributed by atoms with E-state index < -0.39 is 0 Å². The number of phenolic OH excluding ortho intramolecular Hbond substituents is 1. The van der Waals surface area contributed by atoms with E-state index in [-0.39, 0.29) is 22.5 Å². The lowest BCUT2D eigenvalue weighted by Gasteiger charge is -2.42. The lowest BCUT2D eigenvalue weighted by atomic mass is 9.62. The highest BCUT2D eigenvalue weighted by molar-refractivity contribution is 6.04. The Labute approximate surface area is 222 Å². The van der Waals surface area contributed by atoms with Crippen LogP contribution in [-0.2, 0) is 17.3 Å². The summed E-state index contributed by atoms with van der Waals surface area (Å²) in [5.41, 5.74) is 9.71. The average molecular weight is 496 g/mol. The molecule has 1 amide bonds. The molecule has 3 nitrogen and oxygen atoms in total. The average Bonchev–Trinajstić information content (AvgIpc) is 2.83. The van der Waals surface area contributed by atoms with Crippen molar-refractivity contribution in [2.45, 2.75) is 78.6 Å². The van der Waals surface area contributed by atoms with E-state index in [1.165, 1.54) is 40.7 Å². The normalized spacial score (nSPS) is 16.4. The van der Waals surface area contributed by atoms with Gasteiger partial charge in [-0.1, -0.05) is 71.9 Å². The van der Waals surface area contributed by atoms with Gasteiger partial charge in [-0.3, -0.25) is 4.79 Å². The van der Waals surface area contributed by atoms with Gasteiger partial charge >= 0.3 is 0 Å². The molecule has 0 saturated carbocycles. The molecule has 2 N–H and O–H groups in total. The first-order chi connectivity index (χ1) is 17.4. The molecular formula is C34H41NO2. The topological polar surface area (TPSA) is 49.3 Å². The molecule has 37 heavy (non-hydrogen) atoms. The number of hydrogen-bond donors (Lipinski definition) is 2. The van der Waals surface area contributed by atoms with Crippen molar-refractivity contribution in [1.29, 1.82) is 0 Å². The van der Waals surface area contributed by atoms with Gasteiger partial charge < -0.3 is 10.4 Å². The summed E-state index contributed by atoms with van der Waals surface area (Å²) in [7, 11) is 0. The number of benzene rings is 3. The van der Waals surface area contributed by atoms with Gasteiger partial charge in [0.25, 0.3) is 5.91 Å². The molecule has 0 radical (unpaired) electrons. The number of allylic oxidation sites excluding steroid dienone is 1. The highest BCUT2D eigenvalue weighted by atomic mass is 16.3. The fourth-order valence-electron chi connectivity index (χ4n) is 5.44. The molecular weight excluding hydrogens is 454 g/mol. The van der Waals surface area contributed by atoms with E-state index in [1.54, 1.807) is 24.3 Å². The first kappa shape index (κ1) is 26.7. The number of rotatable bonds is 6. The van der Waals surface area contributed by atoms with E-state index >= 15 is 0 Å². The van der Waals surface area contributed by atoms with Crippen molar-refractivity contribution in [1.82, 2.24) is 0 Å². The highest BCUT2D eigenvalue weighted by Crippen LogP contribution is 2.47. The standard InChI is InChI=1S/C34H41NO2/c1-22(2)18-26-20-30-31(34(6,7)17-16-33(30,4)5)21-29(26)23(3)19-24-8-10-25(11-9-24)32(37)35-27-12-14-28(36)15-13-27/h8-15,19-22,36H,16-18H2,1-7H3,(H,35,37). The third-order valence-electron chi connectivity index (χ3n) is 7.81. The van der Waals surface area contributed by atoms with Gasteiger partial charge in [0.2, 0.25) is 0 Å². The molecule has 3 aromatic rings. The monoisotopic (exact) mass is 495 g/mol. The summed E-state index contributed by atoms with van der Waals surface area (Å²) in [6, 6.07) is 19.2. The number of carbonyl (C=O) groups excluding carboxylic acids is 1. The Kier molecular flexibility index (Phi) is 7.37. The van der Waals surface area contributed by atoms with Crippen LogP contribution in [0.3, 0.4) is 0 Å². The minimum absolute atomic E-state index is 0.169.